The van der Waals surface area contributed by atoms with Gasteiger partial charge in [0.25, 0.3) is 0 Å². The normalized spacial score (nSPS) is 10.0. The van der Waals surface area contributed by atoms with Gasteiger partial charge in [0.15, 0.2) is 5.82 Å². The Morgan fingerprint density at radius 2 is 2.21 bits per heavy atom. The fourth-order valence-electron chi connectivity index (χ4n) is 1.01. The van der Waals surface area contributed by atoms with Crippen LogP contribution in [0.3, 0.4) is 0 Å². The van der Waals surface area contributed by atoms with Gasteiger partial charge in [0.2, 0.25) is 0 Å². The minimum Gasteiger partial charge on any atom is -0.462 e. The zero-order valence-electron chi connectivity index (χ0n) is 7.93. The molecule has 76 valence electrons. The summed E-state index contributed by atoms with van der Waals surface area (Å²) in [6.07, 6.45) is 0. The van der Waals surface area contributed by atoms with Gasteiger partial charge in [-0.25, -0.2) is 9.18 Å². The maximum absolute atomic E-state index is 13.5. The highest BCUT2D eigenvalue weighted by Gasteiger charge is 2.16. The molecule has 0 bridgehead atoms. The predicted octanol–water partition coefficient (Wildman–Crippen LogP) is 3.07. The molecule has 0 aliphatic carbocycles. The molecule has 1 aromatic carbocycles. The van der Waals surface area contributed by atoms with Gasteiger partial charge in [-0.2, -0.15) is 0 Å². The number of benzene rings is 1. The lowest BCUT2D eigenvalue weighted by Gasteiger charge is -2.05. The summed E-state index contributed by atoms with van der Waals surface area (Å²) in [6, 6.07) is 3.09. The average Bonchev–Trinajstić information content (AvgIpc) is 2.15. The van der Waals surface area contributed by atoms with Crippen molar-refractivity contribution >= 4 is 21.9 Å². The molecule has 14 heavy (non-hydrogen) atoms. The number of esters is 1. The Morgan fingerprint density at radius 3 is 2.79 bits per heavy atom. The first-order chi connectivity index (χ1) is 6.57. The first-order valence-electron chi connectivity index (χ1n) is 4.19. The Hall–Kier alpha value is -0.900. The molecule has 1 rings (SSSR count). The van der Waals surface area contributed by atoms with Crippen LogP contribution in [0.1, 0.15) is 22.8 Å². The third-order valence-electron chi connectivity index (χ3n) is 1.77. The molecule has 0 amide bonds. The van der Waals surface area contributed by atoms with Crippen LogP contribution in [0.25, 0.3) is 0 Å². The highest BCUT2D eigenvalue weighted by Crippen LogP contribution is 2.23. The monoisotopic (exact) mass is 260 g/mol. The molecule has 2 nitrogen and oxygen atoms in total. The van der Waals surface area contributed by atoms with Crippen molar-refractivity contribution in [2.24, 2.45) is 0 Å². The number of aryl methyl sites for hydroxylation is 1. The second-order valence-corrected chi connectivity index (χ2v) is 3.57. The van der Waals surface area contributed by atoms with Crippen molar-refractivity contribution in [1.82, 2.24) is 0 Å². The van der Waals surface area contributed by atoms with Gasteiger partial charge >= 0.3 is 5.97 Å². The lowest BCUT2D eigenvalue weighted by Crippen LogP contribution is -2.07. The fourth-order valence-corrected chi connectivity index (χ4v) is 1.36. The van der Waals surface area contributed by atoms with E-state index in [2.05, 4.69) is 15.9 Å². The van der Waals surface area contributed by atoms with Crippen molar-refractivity contribution in [3.05, 3.63) is 33.5 Å². The molecular weight excluding hydrogens is 251 g/mol. The molecule has 0 heterocycles. The summed E-state index contributed by atoms with van der Waals surface area (Å²) < 4.78 is 18.5. The van der Waals surface area contributed by atoms with Gasteiger partial charge in [0.1, 0.15) is 0 Å². The summed E-state index contributed by atoms with van der Waals surface area (Å²) in [5.74, 6) is -1.20. The summed E-state index contributed by atoms with van der Waals surface area (Å²) >= 11 is 3.07. The van der Waals surface area contributed by atoms with E-state index in [1.165, 1.54) is 6.07 Å². The quantitative estimate of drug-likeness (QED) is 0.765. The van der Waals surface area contributed by atoms with Crippen LogP contribution >= 0.6 is 15.9 Å². The van der Waals surface area contributed by atoms with Crippen LogP contribution < -0.4 is 0 Å². The molecule has 0 saturated carbocycles. The molecule has 0 aliphatic heterocycles. The summed E-state index contributed by atoms with van der Waals surface area (Å²) in [4.78, 5) is 11.2. The molecule has 0 aromatic heterocycles. The van der Waals surface area contributed by atoms with Crippen LogP contribution in [0.2, 0.25) is 0 Å². The lowest BCUT2D eigenvalue weighted by atomic mass is 10.1. The topological polar surface area (TPSA) is 26.3 Å². The molecule has 0 unspecified atom stereocenters. The van der Waals surface area contributed by atoms with Gasteiger partial charge < -0.3 is 4.74 Å². The molecule has 0 fully saturated rings. The molecule has 0 N–H and O–H groups in total. The van der Waals surface area contributed by atoms with E-state index in [1.807, 2.05) is 0 Å². The van der Waals surface area contributed by atoms with Gasteiger partial charge in [-0.3, -0.25) is 0 Å². The van der Waals surface area contributed by atoms with Gasteiger partial charge in [-0.05, 0) is 41.4 Å². The number of carbonyl (C=O) groups is 1. The van der Waals surface area contributed by atoms with Gasteiger partial charge in [0, 0.05) is 0 Å². The molecule has 0 atom stereocenters. The van der Waals surface area contributed by atoms with Crippen molar-refractivity contribution in [1.29, 1.82) is 0 Å². The molecule has 0 aliphatic rings. The largest absolute Gasteiger partial charge is 0.462 e. The van der Waals surface area contributed by atoms with Gasteiger partial charge in [-0.15, -0.1) is 0 Å². The Balaban J connectivity index is 3.11. The SMILES string of the molecule is CCOC(=O)c1ccc(C)c(Br)c1F. The number of halogens is 2. The zero-order valence-corrected chi connectivity index (χ0v) is 9.52. The van der Waals surface area contributed by atoms with Crippen molar-refractivity contribution in [2.45, 2.75) is 13.8 Å². The number of rotatable bonds is 2. The standard InChI is InChI=1S/C10H10BrFO2/c1-3-14-10(13)7-5-4-6(2)8(11)9(7)12/h4-5H,3H2,1-2H3. The minimum atomic E-state index is -0.634. The number of ether oxygens (including phenoxy) is 1. The maximum Gasteiger partial charge on any atom is 0.341 e. The van der Waals surface area contributed by atoms with Crippen molar-refractivity contribution < 1.29 is 13.9 Å². The van der Waals surface area contributed by atoms with E-state index in [0.717, 1.165) is 5.56 Å². The van der Waals surface area contributed by atoms with Crippen LogP contribution in [0, 0.1) is 12.7 Å². The van der Waals surface area contributed by atoms with E-state index in [9.17, 15) is 9.18 Å². The highest BCUT2D eigenvalue weighted by atomic mass is 79.9. The van der Waals surface area contributed by atoms with Crippen molar-refractivity contribution in [2.75, 3.05) is 6.61 Å². The Labute approximate surface area is 90.2 Å². The van der Waals surface area contributed by atoms with E-state index in [0.29, 0.717) is 4.47 Å². The lowest BCUT2D eigenvalue weighted by molar-refractivity contribution is 0.0521. The molecule has 0 radical (unpaired) electrons. The van der Waals surface area contributed by atoms with Crippen LogP contribution in [-0.2, 0) is 4.74 Å². The van der Waals surface area contributed by atoms with E-state index < -0.39 is 11.8 Å². The predicted molar refractivity (Wildman–Crippen MR) is 54.8 cm³/mol. The van der Waals surface area contributed by atoms with E-state index in [-0.39, 0.29) is 12.2 Å². The van der Waals surface area contributed by atoms with Crippen LogP contribution in [0.15, 0.2) is 16.6 Å². The van der Waals surface area contributed by atoms with E-state index >= 15 is 0 Å². The first-order valence-corrected chi connectivity index (χ1v) is 4.99. The van der Waals surface area contributed by atoms with Crippen LogP contribution in [-0.4, -0.2) is 12.6 Å². The zero-order chi connectivity index (χ0) is 10.7. The second-order valence-electron chi connectivity index (χ2n) is 2.78. The highest BCUT2D eigenvalue weighted by molar-refractivity contribution is 9.10. The molecule has 0 spiro atoms. The minimum absolute atomic E-state index is 0.0377. The second kappa shape index (κ2) is 4.55. The van der Waals surface area contributed by atoms with Crippen LogP contribution in [0.5, 0.6) is 0 Å². The first kappa shape index (κ1) is 11.2. The summed E-state index contributed by atoms with van der Waals surface area (Å²) in [7, 11) is 0. The van der Waals surface area contributed by atoms with Gasteiger partial charge in [0.05, 0.1) is 16.6 Å². The van der Waals surface area contributed by atoms with Crippen LogP contribution in [0.4, 0.5) is 4.39 Å². The fraction of sp³-hybridized carbons (Fsp3) is 0.300. The summed E-state index contributed by atoms with van der Waals surface area (Å²) in [5.41, 5.74) is 0.708. The number of carbonyl (C=O) groups excluding carboxylic acids is 1. The smallest absolute Gasteiger partial charge is 0.341 e. The third-order valence-corrected chi connectivity index (χ3v) is 2.74. The van der Waals surface area contributed by atoms with Crippen molar-refractivity contribution in [3.8, 4) is 0 Å². The summed E-state index contributed by atoms with van der Waals surface area (Å²) in [5, 5.41) is 0. The average molecular weight is 261 g/mol. The third kappa shape index (κ3) is 2.12. The number of hydrogen-bond acceptors (Lipinski definition) is 2. The summed E-state index contributed by atoms with van der Waals surface area (Å²) in [6.45, 7) is 3.67. The maximum atomic E-state index is 13.5. The van der Waals surface area contributed by atoms with Gasteiger partial charge in [-0.1, -0.05) is 6.07 Å². The van der Waals surface area contributed by atoms with Crippen molar-refractivity contribution in [3.63, 3.8) is 0 Å². The Morgan fingerprint density at radius 1 is 1.57 bits per heavy atom. The Bertz CT molecular complexity index is 363. The van der Waals surface area contributed by atoms with E-state index in [4.69, 9.17) is 4.74 Å². The van der Waals surface area contributed by atoms with E-state index in [1.54, 1.807) is 19.9 Å². The molecular formula is C10H10BrFO2. The molecule has 0 saturated heterocycles. The molecule has 1 aromatic rings. The molecule has 4 heteroatoms. The number of hydrogen-bond donors (Lipinski definition) is 0. The Kier molecular flexibility index (Phi) is 3.63.